The third kappa shape index (κ3) is 3.86. The number of carbonyl (C=O) groups excluding carboxylic acids is 1. The first-order chi connectivity index (χ1) is 13.2. The minimum Gasteiger partial charge on any atom is -0.481 e. The third-order valence-corrected chi connectivity index (χ3v) is 3.60. The molecule has 13 heteroatoms. The number of benzene rings is 1. The van der Waals surface area contributed by atoms with Crippen molar-refractivity contribution in [2.75, 3.05) is 7.11 Å². The van der Waals surface area contributed by atoms with Crippen molar-refractivity contribution in [3.63, 3.8) is 0 Å². The first kappa shape index (κ1) is 19.5. The number of nitrogens with zero attached hydrogens (tertiary/aromatic N) is 5. The van der Waals surface area contributed by atoms with E-state index in [0.29, 0.717) is 0 Å². The van der Waals surface area contributed by atoms with Gasteiger partial charge in [-0.1, -0.05) is 16.8 Å². The molecule has 0 aliphatic heterocycles. The Hall–Kier alpha value is -3.28. The van der Waals surface area contributed by atoms with Crippen LogP contribution in [0.4, 0.5) is 17.6 Å². The number of ether oxygens (including phenoxy) is 2. The molecule has 1 aromatic carbocycles. The lowest BCUT2D eigenvalue weighted by molar-refractivity contribution is -0.190. The Morgan fingerprint density at radius 1 is 1.25 bits per heavy atom. The highest BCUT2D eigenvalue weighted by Gasteiger charge is 2.42. The van der Waals surface area contributed by atoms with Gasteiger partial charge >= 0.3 is 18.2 Å². The van der Waals surface area contributed by atoms with E-state index in [0.717, 1.165) is 13.2 Å². The molecule has 0 aliphatic carbocycles. The number of alkyl halides is 3. The van der Waals surface area contributed by atoms with E-state index in [-0.39, 0.29) is 27.8 Å². The van der Waals surface area contributed by atoms with Gasteiger partial charge in [-0.05, 0) is 12.1 Å². The minimum atomic E-state index is -5.28. The minimum absolute atomic E-state index is 0.119. The highest BCUT2D eigenvalue weighted by atomic mass is 35.5. The number of carbonyl (C=O) groups is 1. The van der Waals surface area contributed by atoms with Crippen molar-refractivity contribution in [1.29, 1.82) is 0 Å². The Bertz CT molecular complexity index is 1030. The fourth-order valence-corrected chi connectivity index (χ4v) is 2.29. The van der Waals surface area contributed by atoms with Crippen LogP contribution >= 0.6 is 11.6 Å². The van der Waals surface area contributed by atoms with Gasteiger partial charge in [0.25, 0.3) is 0 Å². The lowest BCUT2D eigenvalue weighted by Gasteiger charge is -2.13. The zero-order valence-corrected chi connectivity index (χ0v) is 14.5. The van der Waals surface area contributed by atoms with Gasteiger partial charge in [-0.15, -0.1) is 5.10 Å². The molecule has 0 amide bonds. The van der Waals surface area contributed by atoms with Crippen molar-refractivity contribution in [3.05, 3.63) is 41.4 Å². The molecule has 0 spiro atoms. The molecular weight excluding hydrogens is 410 g/mol. The maximum absolute atomic E-state index is 14.8. The maximum Gasteiger partial charge on any atom is 0.491 e. The number of methoxy groups -OCH3 is 1. The molecule has 2 heterocycles. The largest absolute Gasteiger partial charge is 0.491 e. The molecule has 0 fully saturated rings. The summed E-state index contributed by atoms with van der Waals surface area (Å²) in [5.74, 6) is -3.77. The molecule has 0 radical (unpaired) electrons. The fourth-order valence-electron chi connectivity index (χ4n) is 2.13. The van der Waals surface area contributed by atoms with Crippen LogP contribution in [0.1, 0.15) is 0 Å². The SMILES string of the molecule is COc1cc(-c2c(-n3ccnn3)ccc(Cl)c2F)nc(OC(=O)C(F)(F)F)n1. The van der Waals surface area contributed by atoms with E-state index in [1.54, 1.807) is 0 Å². The lowest BCUT2D eigenvalue weighted by atomic mass is 10.1. The van der Waals surface area contributed by atoms with Crippen molar-refractivity contribution in [2.24, 2.45) is 0 Å². The molecule has 0 saturated heterocycles. The Morgan fingerprint density at radius 2 is 2.00 bits per heavy atom. The summed E-state index contributed by atoms with van der Waals surface area (Å²) in [5, 5.41) is 7.06. The van der Waals surface area contributed by atoms with Crippen LogP contribution in [0.25, 0.3) is 16.9 Å². The standard InChI is InChI=1S/C15H8ClF4N5O3/c1-27-10-6-8(22-14(23-10)28-13(26)15(18,19)20)11-9(25-5-4-21-24-25)3-2-7(16)12(11)17/h2-6H,1H3. The molecule has 3 aromatic rings. The second-order valence-corrected chi connectivity index (χ2v) is 5.48. The molecule has 28 heavy (non-hydrogen) atoms. The summed E-state index contributed by atoms with van der Waals surface area (Å²) in [6.07, 6.45) is -2.55. The molecule has 0 N–H and O–H groups in total. The normalized spacial score (nSPS) is 11.4. The summed E-state index contributed by atoms with van der Waals surface area (Å²) < 4.78 is 62.3. The summed E-state index contributed by atoms with van der Waals surface area (Å²) in [7, 11) is 1.16. The number of rotatable bonds is 4. The van der Waals surface area contributed by atoms with E-state index >= 15 is 0 Å². The quantitative estimate of drug-likeness (QED) is 0.476. The van der Waals surface area contributed by atoms with Gasteiger partial charge in [-0.25, -0.2) is 13.9 Å². The summed E-state index contributed by atoms with van der Waals surface area (Å²) >= 11 is 5.83. The Balaban J connectivity index is 2.18. The molecule has 0 aliphatic rings. The first-order valence-electron chi connectivity index (χ1n) is 7.28. The van der Waals surface area contributed by atoms with Crippen LogP contribution in [0, 0.1) is 5.82 Å². The van der Waals surface area contributed by atoms with Crippen molar-refractivity contribution in [2.45, 2.75) is 6.18 Å². The predicted molar refractivity (Wildman–Crippen MR) is 85.6 cm³/mol. The summed E-state index contributed by atoms with van der Waals surface area (Å²) in [5.41, 5.74) is -0.390. The van der Waals surface area contributed by atoms with Crippen LogP contribution in [0.5, 0.6) is 11.9 Å². The van der Waals surface area contributed by atoms with Gasteiger partial charge in [0.05, 0.1) is 41.5 Å². The molecular formula is C15H8ClF4N5O3. The highest BCUT2D eigenvalue weighted by molar-refractivity contribution is 6.31. The summed E-state index contributed by atoms with van der Waals surface area (Å²) in [4.78, 5) is 18.3. The van der Waals surface area contributed by atoms with E-state index in [1.165, 1.54) is 29.2 Å². The van der Waals surface area contributed by atoms with Gasteiger partial charge in [0, 0.05) is 6.07 Å². The smallest absolute Gasteiger partial charge is 0.481 e. The van der Waals surface area contributed by atoms with E-state index in [9.17, 15) is 22.4 Å². The van der Waals surface area contributed by atoms with E-state index in [4.69, 9.17) is 16.3 Å². The van der Waals surface area contributed by atoms with Crippen molar-refractivity contribution in [1.82, 2.24) is 25.0 Å². The van der Waals surface area contributed by atoms with E-state index in [2.05, 4.69) is 25.0 Å². The maximum atomic E-state index is 14.8. The lowest BCUT2D eigenvalue weighted by Crippen LogP contribution is -2.28. The molecule has 3 rings (SSSR count). The van der Waals surface area contributed by atoms with Crippen molar-refractivity contribution in [3.8, 4) is 28.8 Å². The average molecular weight is 418 g/mol. The average Bonchev–Trinajstić information content (AvgIpc) is 3.17. The highest BCUT2D eigenvalue weighted by Crippen LogP contribution is 2.34. The molecule has 0 atom stereocenters. The zero-order chi connectivity index (χ0) is 20.5. The number of halogens is 5. The monoisotopic (exact) mass is 417 g/mol. The topological polar surface area (TPSA) is 92.0 Å². The van der Waals surface area contributed by atoms with Crippen LogP contribution in [0.15, 0.2) is 30.6 Å². The van der Waals surface area contributed by atoms with Gasteiger partial charge in [-0.2, -0.15) is 23.1 Å². The Labute approximate surface area is 158 Å². The fraction of sp³-hybridized carbons (Fsp3) is 0.133. The molecule has 146 valence electrons. The number of hydrogen-bond acceptors (Lipinski definition) is 7. The molecule has 0 unspecified atom stereocenters. The van der Waals surface area contributed by atoms with Crippen LogP contribution < -0.4 is 9.47 Å². The molecule has 2 aromatic heterocycles. The molecule has 0 saturated carbocycles. The van der Waals surface area contributed by atoms with Gasteiger partial charge in [-0.3, -0.25) is 0 Å². The molecule has 0 bridgehead atoms. The van der Waals surface area contributed by atoms with Crippen LogP contribution in [-0.4, -0.2) is 44.2 Å². The van der Waals surface area contributed by atoms with Crippen LogP contribution in [-0.2, 0) is 4.79 Å². The Kier molecular flexibility index (Phi) is 5.14. The third-order valence-electron chi connectivity index (χ3n) is 3.31. The predicted octanol–water partition coefficient (Wildman–Crippen LogP) is 2.99. The second-order valence-electron chi connectivity index (χ2n) is 5.07. The van der Waals surface area contributed by atoms with Gasteiger partial charge in [0.2, 0.25) is 5.88 Å². The summed E-state index contributed by atoms with van der Waals surface area (Å²) in [6, 6.07) is 2.78. The number of aromatic nitrogens is 5. The summed E-state index contributed by atoms with van der Waals surface area (Å²) in [6.45, 7) is 0. The van der Waals surface area contributed by atoms with Crippen molar-refractivity contribution < 1.29 is 31.8 Å². The molecule has 8 nitrogen and oxygen atoms in total. The number of esters is 1. The zero-order valence-electron chi connectivity index (χ0n) is 13.7. The second kappa shape index (κ2) is 7.38. The van der Waals surface area contributed by atoms with Gasteiger partial charge in [0.15, 0.2) is 5.82 Å². The van der Waals surface area contributed by atoms with Crippen LogP contribution in [0.2, 0.25) is 5.02 Å². The first-order valence-corrected chi connectivity index (χ1v) is 7.65. The Morgan fingerprint density at radius 3 is 2.61 bits per heavy atom. The van der Waals surface area contributed by atoms with Crippen molar-refractivity contribution >= 4 is 17.6 Å². The van der Waals surface area contributed by atoms with Gasteiger partial charge in [0.1, 0.15) is 0 Å². The van der Waals surface area contributed by atoms with E-state index < -0.39 is 24.0 Å². The van der Waals surface area contributed by atoms with Crippen LogP contribution in [0.3, 0.4) is 0 Å². The number of hydrogen-bond donors (Lipinski definition) is 0. The van der Waals surface area contributed by atoms with Gasteiger partial charge < -0.3 is 9.47 Å². The van der Waals surface area contributed by atoms with E-state index in [1.807, 2.05) is 0 Å².